The first-order valence-electron chi connectivity index (χ1n) is 9.17. The molecule has 0 spiro atoms. The number of ether oxygens (including phenoxy) is 2. The van der Waals surface area contributed by atoms with Crippen molar-refractivity contribution < 1.29 is 35.9 Å². The summed E-state index contributed by atoms with van der Waals surface area (Å²) >= 11 is 0. The zero-order valence-corrected chi connectivity index (χ0v) is 18.9. The fourth-order valence-electron chi connectivity index (χ4n) is 2.21. The molecule has 0 atom stereocenters. The van der Waals surface area contributed by atoms with Crippen molar-refractivity contribution in [3.63, 3.8) is 0 Å². The number of carbonyl (C=O) groups excluding carboxylic acids is 2. The van der Waals surface area contributed by atoms with Gasteiger partial charge in [0.1, 0.15) is 13.2 Å². The van der Waals surface area contributed by atoms with Crippen LogP contribution in [-0.2, 0) is 29.5 Å². The van der Waals surface area contributed by atoms with Crippen LogP contribution in [0, 0.1) is 13.8 Å². The molecular weight excluding hydrogens is 460 g/mol. The molecule has 0 saturated carbocycles. The van der Waals surface area contributed by atoms with Crippen molar-refractivity contribution in [1.82, 2.24) is 9.44 Å². The Labute approximate surface area is 186 Å². The van der Waals surface area contributed by atoms with Crippen molar-refractivity contribution in [2.45, 2.75) is 23.6 Å². The zero-order chi connectivity index (χ0) is 23.8. The van der Waals surface area contributed by atoms with Gasteiger partial charge in [-0.15, -0.1) is 0 Å². The van der Waals surface area contributed by atoms with E-state index in [1.807, 2.05) is 0 Å². The van der Waals surface area contributed by atoms with Crippen molar-refractivity contribution in [3.05, 3.63) is 71.8 Å². The van der Waals surface area contributed by atoms with E-state index in [9.17, 15) is 26.4 Å². The van der Waals surface area contributed by atoms with Crippen LogP contribution >= 0.6 is 0 Å². The Morgan fingerprint density at radius 2 is 1.00 bits per heavy atom. The average molecular weight is 483 g/mol. The first-order valence-corrected chi connectivity index (χ1v) is 12.1. The molecule has 2 amide bonds. The van der Waals surface area contributed by atoms with Crippen LogP contribution in [0.4, 0.5) is 9.59 Å². The number of carbonyl (C=O) groups is 2. The highest BCUT2D eigenvalue weighted by atomic mass is 32.2. The maximum absolute atomic E-state index is 12.1. The van der Waals surface area contributed by atoms with Crippen molar-refractivity contribution in [3.8, 4) is 0 Å². The maximum atomic E-state index is 12.1. The van der Waals surface area contributed by atoms with Crippen LogP contribution in [0.5, 0.6) is 0 Å². The molecule has 2 aromatic carbocycles. The van der Waals surface area contributed by atoms with Crippen molar-refractivity contribution in [2.75, 3.05) is 13.2 Å². The molecule has 172 valence electrons. The van der Waals surface area contributed by atoms with Gasteiger partial charge in [0, 0.05) is 0 Å². The van der Waals surface area contributed by atoms with Gasteiger partial charge in [-0.2, -0.15) is 0 Å². The van der Waals surface area contributed by atoms with Crippen LogP contribution in [0.25, 0.3) is 0 Å². The monoisotopic (exact) mass is 482 g/mol. The molecular formula is C20H22N2O8S2. The van der Waals surface area contributed by atoms with E-state index >= 15 is 0 Å². The third-order valence-corrected chi connectivity index (χ3v) is 6.54. The molecule has 0 radical (unpaired) electrons. The van der Waals surface area contributed by atoms with Gasteiger partial charge in [-0.25, -0.2) is 35.9 Å². The minimum atomic E-state index is -4.06. The van der Waals surface area contributed by atoms with E-state index in [2.05, 4.69) is 0 Å². The van der Waals surface area contributed by atoms with E-state index < -0.39 is 32.2 Å². The molecule has 0 aliphatic rings. The third kappa shape index (κ3) is 7.71. The second-order valence-electron chi connectivity index (χ2n) is 6.51. The molecule has 10 nitrogen and oxygen atoms in total. The number of nitrogens with one attached hydrogen (secondary N) is 2. The summed E-state index contributed by atoms with van der Waals surface area (Å²) < 4.78 is 61.2. The van der Waals surface area contributed by atoms with Gasteiger partial charge in [0.25, 0.3) is 20.0 Å². The van der Waals surface area contributed by atoms with Crippen LogP contribution in [0.2, 0.25) is 0 Å². The van der Waals surface area contributed by atoms with Gasteiger partial charge in [-0.3, -0.25) is 0 Å². The molecule has 0 bridgehead atoms. The van der Waals surface area contributed by atoms with Crippen LogP contribution < -0.4 is 9.44 Å². The van der Waals surface area contributed by atoms with Gasteiger partial charge in [0.15, 0.2) is 0 Å². The molecule has 2 N–H and O–H groups in total. The smallest absolute Gasteiger partial charge is 0.421 e. The van der Waals surface area contributed by atoms with Crippen LogP contribution in [0.15, 0.2) is 70.5 Å². The van der Waals surface area contributed by atoms with E-state index in [0.29, 0.717) is 0 Å². The maximum Gasteiger partial charge on any atom is 0.421 e. The molecule has 12 heteroatoms. The number of rotatable bonds is 8. The highest BCUT2D eigenvalue weighted by Crippen LogP contribution is 2.11. The summed E-state index contributed by atoms with van der Waals surface area (Å²) in [5, 5.41) is 0. The lowest BCUT2D eigenvalue weighted by Gasteiger charge is -2.07. The molecule has 0 fully saturated rings. The quantitative estimate of drug-likeness (QED) is 0.546. The second-order valence-corrected chi connectivity index (χ2v) is 9.87. The van der Waals surface area contributed by atoms with E-state index in [0.717, 1.165) is 11.1 Å². The van der Waals surface area contributed by atoms with E-state index in [1.54, 1.807) is 47.6 Å². The standard InChI is InChI=1S/C20H22N2O8S2/c1-15-5-9-17(10-6-15)31(25,26)21-19(23)29-13-3-4-14-30-20(24)22-32(27,28)18-11-7-16(2)8-12-18/h3-12H,13-14H2,1-2H3,(H,21,23)(H,22,24)/b4-3+. The summed E-state index contributed by atoms with van der Waals surface area (Å²) in [4.78, 5) is 23.1. The topological polar surface area (TPSA) is 145 Å². The van der Waals surface area contributed by atoms with E-state index in [4.69, 9.17) is 9.47 Å². The van der Waals surface area contributed by atoms with Gasteiger partial charge in [0.05, 0.1) is 9.79 Å². The molecule has 0 aliphatic carbocycles. The molecule has 32 heavy (non-hydrogen) atoms. The Balaban J connectivity index is 1.72. The predicted octanol–water partition coefficient (Wildman–Crippen LogP) is 2.39. The SMILES string of the molecule is Cc1ccc(S(=O)(=O)NC(=O)OC/C=C/COC(=O)NS(=O)(=O)c2ccc(C)cc2)cc1. The summed E-state index contributed by atoms with van der Waals surface area (Å²) in [7, 11) is -8.12. The summed E-state index contributed by atoms with van der Waals surface area (Å²) in [5.74, 6) is 0. The minimum Gasteiger partial charge on any atom is -0.445 e. The molecule has 0 aromatic heterocycles. The van der Waals surface area contributed by atoms with Crippen LogP contribution in [-0.4, -0.2) is 42.2 Å². The lowest BCUT2D eigenvalue weighted by molar-refractivity contribution is 0.160. The van der Waals surface area contributed by atoms with Crippen LogP contribution in [0.1, 0.15) is 11.1 Å². The van der Waals surface area contributed by atoms with Gasteiger partial charge < -0.3 is 9.47 Å². The Hall–Kier alpha value is -3.38. The summed E-state index contributed by atoms with van der Waals surface area (Å²) in [6, 6.07) is 11.8. The number of amides is 2. The number of hydrogen-bond donors (Lipinski definition) is 2. The summed E-state index contributed by atoms with van der Waals surface area (Å²) in [5.41, 5.74) is 1.72. The molecule has 0 saturated heterocycles. The van der Waals surface area contributed by atoms with Gasteiger partial charge in [-0.1, -0.05) is 35.4 Å². The number of sulfonamides is 2. The molecule has 0 aliphatic heterocycles. The molecule has 2 rings (SSSR count). The lowest BCUT2D eigenvalue weighted by Crippen LogP contribution is -2.31. The fraction of sp³-hybridized carbons (Fsp3) is 0.200. The minimum absolute atomic E-state index is 0.0874. The van der Waals surface area contributed by atoms with E-state index in [-0.39, 0.29) is 23.0 Å². The Kier molecular flexibility index (Phi) is 8.38. The number of benzene rings is 2. The summed E-state index contributed by atoms with van der Waals surface area (Å²) in [6.07, 6.45) is 0.218. The Bertz CT molecular complexity index is 1090. The third-order valence-electron chi connectivity index (χ3n) is 3.89. The lowest BCUT2D eigenvalue weighted by atomic mass is 10.2. The number of aryl methyl sites for hydroxylation is 2. The van der Waals surface area contributed by atoms with Gasteiger partial charge in [0.2, 0.25) is 0 Å². The molecule has 2 aromatic rings. The zero-order valence-electron chi connectivity index (χ0n) is 17.3. The average Bonchev–Trinajstić information content (AvgIpc) is 2.70. The molecule has 0 heterocycles. The summed E-state index contributed by atoms with van der Waals surface area (Å²) in [6.45, 7) is 2.98. The Morgan fingerprint density at radius 3 is 1.31 bits per heavy atom. The highest BCUT2D eigenvalue weighted by Gasteiger charge is 2.19. The predicted molar refractivity (Wildman–Crippen MR) is 115 cm³/mol. The first kappa shape index (κ1) is 24.9. The fourth-order valence-corrected chi connectivity index (χ4v) is 4.00. The van der Waals surface area contributed by atoms with Gasteiger partial charge in [-0.05, 0) is 50.3 Å². The largest absolute Gasteiger partial charge is 0.445 e. The van der Waals surface area contributed by atoms with Gasteiger partial charge >= 0.3 is 12.2 Å². The Morgan fingerprint density at radius 1 is 0.688 bits per heavy atom. The molecule has 0 unspecified atom stereocenters. The van der Waals surface area contributed by atoms with Crippen LogP contribution in [0.3, 0.4) is 0 Å². The van der Waals surface area contributed by atoms with Crippen molar-refractivity contribution >= 4 is 32.2 Å². The number of hydrogen-bond acceptors (Lipinski definition) is 8. The van der Waals surface area contributed by atoms with Crippen molar-refractivity contribution in [1.29, 1.82) is 0 Å². The van der Waals surface area contributed by atoms with Crippen molar-refractivity contribution in [2.24, 2.45) is 0 Å². The van der Waals surface area contributed by atoms with E-state index in [1.165, 1.54) is 36.4 Å². The normalized spacial score (nSPS) is 11.7. The first-order chi connectivity index (χ1) is 15.0. The highest BCUT2D eigenvalue weighted by molar-refractivity contribution is 7.90. The second kappa shape index (κ2) is 10.8.